The van der Waals surface area contributed by atoms with Gasteiger partial charge in [-0.25, -0.2) is 5.01 Å². The van der Waals surface area contributed by atoms with Crippen LogP contribution in [0.4, 0.5) is 11.4 Å². The first kappa shape index (κ1) is 23.0. The Kier molecular flexibility index (Phi) is 6.20. The van der Waals surface area contributed by atoms with Gasteiger partial charge in [0.2, 0.25) is 0 Å². The number of hydrogen-bond donors (Lipinski definition) is 0. The maximum Gasteiger partial charge on any atom is 0.310 e. The van der Waals surface area contributed by atoms with E-state index in [0.29, 0.717) is 5.76 Å². The zero-order chi connectivity index (χ0) is 24.5. The summed E-state index contributed by atoms with van der Waals surface area (Å²) < 4.78 is 5.46. The van der Waals surface area contributed by atoms with Gasteiger partial charge in [0.05, 0.1) is 18.0 Å². The van der Waals surface area contributed by atoms with Gasteiger partial charge in [-0.3, -0.25) is 4.79 Å². The van der Waals surface area contributed by atoms with Crippen molar-refractivity contribution in [3.05, 3.63) is 89.4 Å². The molecule has 0 radical (unpaired) electrons. The zero-order valence-electron chi connectivity index (χ0n) is 20.8. The number of benzene rings is 2. The summed E-state index contributed by atoms with van der Waals surface area (Å²) in [6.07, 6.45) is 6.79. The zero-order valence-corrected chi connectivity index (χ0v) is 20.8. The molecule has 1 saturated carbocycles. The summed E-state index contributed by atoms with van der Waals surface area (Å²) in [5.41, 5.74) is 6.77. The largest absolute Gasteiger partial charge is 0.459 e. The minimum Gasteiger partial charge on any atom is -0.459 e. The van der Waals surface area contributed by atoms with Crippen molar-refractivity contribution in [3.63, 3.8) is 0 Å². The topological polar surface area (TPSA) is 52.3 Å². The Hall–Kier alpha value is -3.80. The molecule has 1 fully saturated rings. The third kappa shape index (κ3) is 4.48. The standard InChI is InChI=1S/C29H32N4O2/c1-31(2)23-14-10-20(11-15-23)19-22-7-5-8-25-27(22)30-33(29(34)26-9-6-18-35-26)28(25)21-12-16-24(17-13-21)32(3)4/h6,9-19,25,28H,5,7-8H2,1-4H3/b22-19-/t25-,28-/m1/s1. The molecule has 6 heteroatoms. The molecule has 0 saturated heterocycles. The van der Waals surface area contributed by atoms with Crippen molar-refractivity contribution in [2.75, 3.05) is 38.0 Å². The van der Waals surface area contributed by atoms with Crippen LogP contribution in [0.2, 0.25) is 0 Å². The van der Waals surface area contributed by atoms with Crippen molar-refractivity contribution < 1.29 is 9.21 Å². The molecule has 0 unspecified atom stereocenters. The fraction of sp³-hybridized carbons (Fsp3) is 0.310. The van der Waals surface area contributed by atoms with Gasteiger partial charge in [-0.05, 0) is 78.4 Å². The SMILES string of the molecule is CN(C)c1ccc(/C=C2/CCC[C@@H]3C2=NN(C(=O)c2ccco2)[C@@H]3c2ccc(N(C)C)cc2)cc1. The smallest absolute Gasteiger partial charge is 0.310 e. The Morgan fingerprint density at radius 2 is 1.63 bits per heavy atom. The average Bonchev–Trinajstić information content (AvgIpc) is 3.53. The molecule has 2 atom stereocenters. The number of carbonyl (C=O) groups excluding carboxylic acids is 1. The number of anilines is 2. The maximum atomic E-state index is 13.5. The second-order valence-electron chi connectivity index (χ2n) is 9.70. The van der Waals surface area contributed by atoms with E-state index in [1.54, 1.807) is 17.1 Å². The summed E-state index contributed by atoms with van der Waals surface area (Å²) in [4.78, 5) is 17.6. The third-order valence-electron chi connectivity index (χ3n) is 6.94. The number of amides is 1. The van der Waals surface area contributed by atoms with E-state index in [-0.39, 0.29) is 17.9 Å². The average molecular weight is 469 g/mol. The number of allylic oxidation sites excluding steroid dienone is 1. The molecular weight excluding hydrogens is 436 g/mol. The highest BCUT2D eigenvalue weighted by molar-refractivity contribution is 6.09. The van der Waals surface area contributed by atoms with Crippen LogP contribution in [0.5, 0.6) is 0 Å². The molecule has 2 heterocycles. The van der Waals surface area contributed by atoms with E-state index in [1.807, 2.05) is 28.2 Å². The van der Waals surface area contributed by atoms with Gasteiger partial charge < -0.3 is 14.2 Å². The second-order valence-corrected chi connectivity index (χ2v) is 9.70. The first-order chi connectivity index (χ1) is 16.9. The number of carbonyl (C=O) groups is 1. The van der Waals surface area contributed by atoms with Gasteiger partial charge in [-0.1, -0.05) is 24.3 Å². The van der Waals surface area contributed by atoms with Gasteiger partial charge in [-0.15, -0.1) is 0 Å². The van der Waals surface area contributed by atoms with E-state index in [1.165, 1.54) is 17.5 Å². The Bertz CT molecular complexity index is 1240. The lowest BCUT2D eigenvalue weighted by Crippen LogP contribution is -2.31. The first-order valence-electron chi connectivity index (χ1n) is 12.1. The summed E-state index contributed by atoms with van der Waals surface area (Å²) in [6, 6.07) is 20.3. The molecule has 1 amide bonds. The fourth-order valence-corrected chi connectivity index (χ4v) is 5.05. The van der Waals surface area contributed by atoms with Gasteiger partial charge in [0.1, 0.15) is 0 Å². The molecule has 1 aliphatic heterocycles. The van der Waals surface area contributed by atoms with Crippen molar-refractivity contribution in [3.8, 4) is 0 Å². The Balaban J connectivity index is 1.53. The van der Waals surface area contributed by atoms with Crippen LogP contribution in [0.3, 0.4) is 0 Å². The van der Waals surface area contributed by atoms with Crippen LogP contribution in [0.1, 0.15) is 47.0 Å². The van der Waals surface area contributed by atoms with Gasteiger partial charge in [-0.2, -0.15) is 5.10 Å². The van der Waals surface area contributed by atoms with E-state index in [0.717, 1.165) is 41.8 Å². The van der Waals surface area contributed by atoms with Crippen molar-refractivity contribution >= 4 is 29.1 Å². The van der Waals surface area contributed by atoms with Gasteiger partial charge >= 0.3 is 5.91 Å². The lowest BCUT2D eigenvalue weighted by atomic mass is 9.77. The van der Waals surface area contributed by atoms with Crippen LogP contribution in [0, 0.1) is 5.92 Å². The van der Waals surface area contributed by atoms with Crippen molar-refractivity contribution in [2.24, 2.45) is 11.0 Å². The Morgan fingerprint density at radius 1 is 0.971 bits per heavy atom. The first-order valence-corrected chi connectivity index (χ1v) is 12.1. The highest BCUT2D eigenvalue weighted by atomic mass is 16.3. The molecule has 0 spiro atoms. The van der Waals surface area contributed by atoms with E-state index >= 15 is 0 Å². The third-order valence-corrected chi connectivity index (χ3v) is 6.94. The highest BCUT2D eigenvalue weighted by Crippen LogP contribution is 2.45. The van der Waals surface area contributed by atoms with Gasteiger partial charge in [0, 0.05) is 45.5 Å². The Morgan fingerprint density at radius 3 is 2.23 bits per heavy atom. The van der Waals surface area contributed by atoms with E-state index < -0.39 is 0 Å². The molecule has 0 N–H and O–H groups in total. The normalized spacial score (nSPS) is 20.5. The molecule has 0 bridgehead atoms. The molecule has 2 aromatic carbocycles. The molecular formula is C29H32N4O2. The Labute approximate surface area is 207 Å². The van der Waals surface area contributed by atoms with Crippen molar-refractivity contribution in [1.29, 1.82) is 0 Å². The summed E-state index contributed by atoms with van der Waals surface area (Å²) in [6.45, 7) is 0. The van der Waals surface area contributed by atoms with Gasteiger partial charge in [0.25, 0.3) is 0 Å². The highest BCUT2D eigenvalue weighted by Gasteiger charge is 2.44. The lowest BCUT2D eigenvalue weighted by Gasteiger charge is -2.29. The van der Waals surface area contributed by atoms with E-state index in [2.05, 4.69) is 64.4 Å². The molecule has 1 aromatic heterocycles. The lowest BCUT2D eigenvalue weighted by molar-refractivity contribution is 0.0648. The molecule has 3 aromatic rings. The predicted molar refractivity (Wildman–Crippen MR) is 142 cm³/mol. The molecule has 5 rings (SSSR count). The van der Waals surface area contributed by atoms with Crippen LogP contribution in [0.15, 0.2) is 82.0 Å². The molecule has 6 nitrogen and oxygen atoms in total. The number of hydrazone groups is 1. The number of hydrogen-bond acceptors (Lipinski definition) is 5. The minimum absolute atomic E-state index is 0.153. The summed E-state index contributed by atoms with van der Waals surface area (Å²) in [5, 5.41) is 6.61. The van der Waals surface area contributed by atoms with Crippen LogP contribution in [-0.4, -0.2) is 44.8 Å². The molecule has 35 heavy (non-hydrogen) atoms. The minimum atomic E-state index is -0.201. The summed E-state index contributed by atoms with van der Waals surface area (Å²) in [7, 11) is 8.15. The number of furan rings is 1. The number of nitrogens with zero attached hydrogens (tertiary/aromatic N) is 4. The second kappa shape index (κ2) is 9.45. The molecule has 180 valence electrons. The molecule has 1 aliphatic carbocycles. The van der Waals surface area contributed by atoms with E-state index in [9.17, 15) is 4.79 Å². The quantitative estimate of drug-likeness (QED) is 0.471. The van der Waals surface area contributed by atoms with E-state index in [4.69, 9.17) is 9.52 Å². The summed E-state index contributed by atoms with van der Waals surface area (Å²) >= 11 is 0. The van der Waals surface area contributed by atoms with Crippen LogP contribution < -0.4 is 9.80 Å². The van der Waals surface area contributed by atoms with Gasteiger partial charge in [0.15, 0.2) is 5.76 Å². The fourth-order valence-electron chi connectivity index (χ4n) is 5.05. The predicted octanol–water partition coefficient (Wildman–Crippen LogP) is 5.85. The maximum absolute atomic E-state index is 13.5. The van der Waals surface area contributed by atoms with Crippen LogP contribution >= 0.6 is 0 Å². The summed E-state index contributed by atoms with van der Waals surface area (Å²) in [5.74, 6) is 0.265. The number of fused-ring (bicyclic) bond motifs is 1. The van der Waals surface area contributed by atoms with Crippen molar-refractivity contribution in [1.82, 2.24) is 5.01 Å². The van der Waals surface area contributed by atoms with Crippen LogP contribution in [-0.2, 0) is 0 Å². The monoisotopic (exact) mass is 468 g/mol. The number of rotatable bonds is 5. The molecule has 2 aliphatic rings. The van der Waals surface area contributed by atoms with Crippen LogP contribution in [0.25, 0.3) is 6.08 Å². The van der Waals surface area contributed by atoms with Crippen molar-refractivity contribution in [2.45, 2.75) is 25.3 Å².